The number of halogens is 1. The molecule has 136 valence electrons. The molecular formula is C16H16FN5O3S. The van der Waals surface area contributed by atoms with E-state index in [-0.39, 0.29) is 23.8 Å². The highest BCUT2D eigenvalue weighted by Crippen LogP contribution is 2.15. The summed E-state index contributed by atoms with van der Waals surface area (Å²) in [6, 6.07) is 8.54. The Morgan fingerprint density at radius 1 is 1.19 bits per heavy atom. The van der Waals surface area contributed by atoms with Gasteiger partial charge in [0.15, 0.2) is 5.82 Å². The molecule has 3 aromatic rings. The summed E-state index contributed by atoms with van der Waals surface area (Å²) >= 11 is 0. The van der Waals surface area contributed by atoms with Crippen molar-refractivity contribution in [2.75, 3.05) is 6.54 Å². The van der Waals surface area contributed by atoms with E-state index in [1.807, 2.05) is 0 Å². The van der Waals surface area contributed by atoms with E-state index < -0.39 is 15.7 Å². The Bertz CT molecular complexity index is 1060. The van der Waals surface area contributed by atoms with Crippen molar-refractivity contribution in [2.45, 2.75) is 11.4 Å². The van der Waals surface area contributed by atoms with E-state index in [9.17, 15) is 17.6 Å². The second kappa shape index (κ2) is 7.18. The number of rotatable bonds is 6. The minimum atomic E-state index is -3.71. The summed E-state index contributed by atoms with van der Waals surface area (Å²) in [6.07, 6.45) is 2.71. The summed E-state index contributed by atoms with van der Waals surface area (Å²) in [7, 11) is -2.16. The molecular weight excluding hydrogens is 361 g/mol. The molecule has 8 nitrogen and oxygen atoms in total. The van der Waals surface area contributed by atoms with E-state index in [4.69, 9.17) is 0 Å². The van der Waals surface area contributed by atoms with Crippen molar-refractivity contribution in [3.8, 4) is 11.4 Å². The standard InChI is InChI=1S/C16H16FN5O3S/c1-21-15(12-4-6-13(17)7-5-12)20-22(16(21)23)10-9-19-26(24,25)14-3-2-8-18-11-14/h2-8,11,19H,9-10H2,1H3. The van der Waals surface area contributed by atoms with Crippen LogP contribution in [0.15, 0.2) is 58.5 Å². The number of nitrogens with zero attached hydrogens (tertiary/aromatic N) is 4. The van der Waals surface area contributed by atoms with Gasteiger partial charge in [0.2, 0.25) is 10.0 Å². The van der Waals surface area contributed by atoms with Crippen molar-refractivity contribution >= 4 is 10.0 Å². The molecule has 10 heteroatoms. The van der Waals surface area contributed by atoms with Crippen LogP contribution in [0.1, 0.15) is 0 Å². The van der Waals surface area contributed by atoms with Crippen LogP contribution in [0.5, 0.6) is 0 Å². The molecule has 0 spiro atoms. The van der Waals surface area contributed by atoms with Crippen LogP contribution in [0, 0.1) is 5.82 Å². The Morgan fingerprint density at radius 2 is 1.92 bits per heavy atom. The molecule has 2 heterocycles. The molecule has 0 amide bonds. The summed E-state index contributed by atoms with van der Waals surface area (Å²) in [5.74, 6) is -0.0203. The van der Waals surface area contributed by atoms with Crippen LogP contribution < -0.4 is 10.4 Å². The lowest BCUT2D eigenvalue weighted by molar-refractivity contribution is 0.550. The molecule has 0 radical (unpaired) electrons. The van der Waals surface area contributed by atoms with Crippen LogP contribution in [-0.2, 0) is 23.6 Å². The molecule has 0 atom stereocenters. The molecule has 2 aromatic heterocycles. The van der Waals surface area contributed by atoms with Crippen LogP contribution in [0.2, 0.25) is 0 Å². The number of benzene rings is 1. The highest BCUT2D eigenvalue weighted by Gasteiger charge is 2.15. The number of sulfonamides is 1. The predicted octanol–water partition coefficient (Wildman–Crippen LogP) is 0.761. The van der Waals surface area contributed by atoms with Crippen LogP contribution in [0.4, 0.5) is 4.39 Å². The van der Waals surface area contributed by atoms with Crippen molar-refractivity contribution in [1.29, 1.82) is 0 Å². The van der Waals surface area contributed by atoms with E-state index >= 15 is 0 Å². The second-order valence-corrected chi connectivity index (χ2v) is 7.25. The summed E-state index contributed by atoms with van der Waals surface area (Å²) in [4.78, 5) is 16.1. The predicted molar refractivity (Wildman–Crippen MR) is 92.3 cm³/mol. The van der Waals surface area contributed by atoms with E-state index in [1.54, 1.807) is 7.05 Å². The fourth-order valence-electron chi connectivity index (χ4n) is 2.36. The molecule has 26 heavy (non-hydrogen) atoms. The van der Waals surface area contributed by atoms with E-state index in [0.29, 0.717) is 11.4 Å². The Balaban J connectivity index is 1.74. The average Bonchev–Trinajstić information content (AvgIpc) is 2.92. The van der Waals surface area contributed by atoms with Crippen LogP contribution >= 0.6 is 0 Å². The lowest BCUT2D eigenvalue weighted by Crippen LogP contribution is -2.31. The molecule has 3 rings (SSSR count). The van der Waals surface area contributed by atoms with Gasteiger partial charge in [-0.3, -0.25) is 9.55 Å². The largest absolute Gasteiger partial charge is 0.345 e. The first kappa shape index (κ1) is 18.0. The minimum Gasteiger partial charge on any atom is -0.278 e. The third kappa shape index (κ3) is 3.70. The molecule has 1 N–H and O–H groups in total. The molecule has 0 aliphatic heterocycles. The monoisotopic (exact) mass is 377 g/mol. The number of aromatic nitrogens is 4. The van der Waals surface area contributed by atoms with Gasteiger partial charge in [0.1, 0.15) is 10.7 Å². The Labute approximate surface area is 149 Å². The summed E-state index contributed by atoms with van der Waals surface area (Å²) in [5.41, 5.74) is 0.186. The zero-order valence-corrected chi connectivity index (χ0v) is 14.6. The van der Waals surface area contributed by atoms with E-state index in [2.05, 4.69) is 14.8 Å². The van der Waals surface area contributed by atoms with Crippen LogP contribution in [0.25, 0.3) is 11.4 Å². The van der Waals surface area contributed by atoms with Crippen molar-refractivity contribution in [3.63, 3.8) is 0 Å². The quantitative estimate of drug-likeness (QED) is 0.684. The third-order valence-corrected chi connectivity index (χ3v) is 5.15. The smallest absolute Gasteiger partial charge is 0.278 e. The van der Waals surface area contributed by atoms with Crippen molar-refractivity contribution < 1.29 is 12.8 Å². The number of pyridine rings is 1. The highest BCUT2D eigenvalue weighted by molar-refractivity contribution is 7.89. The first-order valence-electron chi connectivity index (χ1n) is 7.68. The Morgan fingerprint density at radius 3 is 2.58 bits per heavy atom. The number of nitrogens with one attached hydrogen (secondary N) is 1. The molecule has 0 aliphatic carbocycles. The topological polar surface area (TPSA) is 98.9 Å². The van der Waals surface area contributed by atoms with Crippen molar-refractivity contribution in [1.82, 2.24) is 24.1 Å². The van der Waals surface area contributed by atoms with Crippen molar-refractivity contribution in [3.05, 3.63) is 65.1 Å². The first-order chi connectivity index (χ1) is 12.4. The highest BCUT2D eigenvalue weighted by atomic mass is 32.2. The fraction of sp³-hybridized carbons (Fsp3) is 0.188. The van der Waals surface area contributed by atoms with Gasteiger partial charge in [-0.2, -0.15) is 0 Å². The van der Waals surface area contributed by atoms with Gasteiger partial charge in [-0.25, -0.2) is 27.0 Å². The third-order valence-electron chi connectivity index (χ3n) is 3.70. The lowest BCUT2D eigenvalue weighted by atomic mass is 10.2. The maximum absolute atomic E-state index is 13.0. The average molecular weight is 377 g/mol. The van der Waals surface area contributed by atoms with Gasteiger partial charge in [-0.15, -0.1) is 5.10 Å². The number of hydrogen-bond donors (Lipinski definition) is 1. The van der Waals surface area contributed by atoms with Gasteiger partial charge in [-0.1, -0.05) is 0 Å². The molecule has 0 aliphatic rings. The molecule has 0 unspecified atom stereocenters. The van der Waals surface area contributed by atoms with Gasteiger partial charge >= 0.3 is 5.69 Å². The van der Waals surface area contributed by atoms with Crippen LogP contribution in [0.3, 0.4) is 0 Å². The Hall–Kier alpha value is -2.85. The number of hydrogen-bond acceptors (Lipinski definition) is 5. The van der Waals surface area contributed by atoms with Crippen LogP contribution in [-0.4, -0.2) is 34.3 Å². The van der Waals surface area contributed by atoms with Gasteiger partial charge < -0.3 is 0 Å². The van der Waals surface area contributed by atoms with Gasteiger partial charge in [0, 0.05) is 31.5 Å². The Kier molecular flexibility index (Phi) is 4.96. The normalized spacial score (nSPS) is 11.6. The van der Waals surface area contributed by atoms with E-state index in [1.165, 1.54) is 53.4 Å². The zero-order valence-electron chi connectivity index (χ0n) is 13.8. The molecule has 0 fully saturated rings. The van der Waals surface area contributed by atoms with Gasteiger partial charge in [0.05, 0.1) is 6.54 Å². The summed E-state index contributed by atoms with van der Waals surface area (Å²) in [5, 5.41) is 4.20. The first-order valence-corrected chi connectivity index (χ1v) is 9.16. The zero-order chi connectivity index (χ0) is 18.7. The SMILES string of the molecule is Cn1c(-c2ccc(F)cc2)nn(CCNS(=O)(=O)c2cccnc2)c1=O. The van der Waals surface area contributed by atoms with Gasteiger partial charge in [-0.05, 0) is 36.4 Å². The maximum atomic E-state index is 13.0. The molecule has 0 saturated carbocycles. The molecule has 0 bridgehead atoms. The lowest BCUT2D eigenvalue weighted by Gasteiger charge is -2.05. The summed E-state index contributed by atoms with van der Waals surface area (Å²) < 4.78 is 42.2. The molecule has 0 saturated heterocycles. The fourth-order valence-corrected chi connectivity index (χ4v) is 3.34. The van der Waals surface area contributed by atoms with E-state index in [0.717, 1.165) is 4.68 Å². The maximum Gasteiger partial charge on any atom is 0.345 e. The second-order valence-electron chi connectivity index (χ2n) is 5.48. The minimum absolute atomic E-state index is 0.0169. The summed E-state index contributed by atoms with van der Waals surface area (Å²) in [6.45, 7) is 0.0321. The van der Waals surface area contributed by atoms with Crippen molar-refractivity contribution in [2.24, 2.45) is 7.05 Å². The molecule has 1 aromatic carbocycles. The van der Waals surface area contributed by atoms with Gasteiger partial charge in [0.25, 0.3) is 0 Å².